The first-order valence-corrected chi connectivity index (χ1v) is 8.42. The second kappa shape index (κ2) is 6.25. The maximum atomic E-state index is 12.5. The second-order valence-electron chi connectivity index (χ2n) is 6.50. The molecule has 7 heteroatoms. The minimum atomic E-state index is -0.228. The molecule has 0 radical (unpaired) electrons. The quantitative estimate of drug-likeness (QED) is 0.676. The zero-order chi connectivity index (χ0) is 18.3. The molecule has 26 heavy (non-hydrogen) atoms. The third-order valence-electron chi connectivity index (χ3n) is 4.88. The normalized spacial score (nSPS) is 18.2. The van der Waals surface area contributed by atoms with Gasteiger partial charge in [0.2, 0.25) is 0 Å². The van der Waals surface area contributed by atoms with E-state index >= 15 is 0 Å². The van der Waals surface area contributed by atoms with Crippen molar-refractivity contribution in [1.29, 1.82) is 0 Å². The molecular weight excluding hydrogens is 334 g/mol. The first-order valence-electron chi connectivity index (χ1n) is 8.42. The molecule has 2 aromatic carbocycles. The Balaban J connectivity index is 1.50. The lowest BCUT2D eigenvalue weighted by Gasteiger charge is -2.28. The standard InChI is InChI=1S/C19H18N3O4/c1-26-22(25)14-7-6-13-8-12(10-20-17(13)9-14)11-21-18(23)15-4-2-3-5-16(15)19(21)24/h2-7,9,12,20H,8,10-11H2,1H3/q+1. The molecule has 2 aromatic rings. The number of imide groups is 1. The Morgan fingerprint density at radius 1 is 1.15 bits per heavy atom. The predicted octanol–water partition coefficient (Wildman–Crippen LogP) is 2.54. The van der Waals surface area contributed by atoms with Crippen molar-refractivity contribution in [3.63, 3.8) is 0 Å². The van der Waals surface area contributed by atoms with E-state index in [1.165, 1.54) is 12.0 Å². The van der Waals surface area contributed by atoms with Gasteiger partial charge in [0.05, 0.1) is 16.0 Å². The monoisotopic (exact) mass is 352 g/mol. The van der Waals surface area contributed by atoms with Gasteiger partial charge in [0.15, 0.2) is 7.11 Å². The van der Waals surface area contributed by atoms with E-state index in [0.717, 1.165) is 17.7 Å². The molecule has 0 bridgehead atoms. The largest absolute Gasteiger partial charge is 0.384 e. The van der Waals surface area contributed by atoms with Crippen molar-refractivity contribution < 1.29 is 19.3 Å². The average molecular weight is 352 g/mol. The van der Waals surface area contributed by atoms with Gasteiger partial charge in [0.25, 0.3) is 16.7 Å². The summed E-state index contributed by atoms with van der Waals surface area (Å²) in [5, 5.41) is 3.29. The van der Waals surface area contributed by atoms with Crippen LogP contribution in [0.3, 0.4) is 0 Å². The number of fused-ring (bicyclic) bond motifs is 2. The van der Waals surface area contributed by atoms with Crippen LogP contribution >= 0.6 is 0 Å². The smallest absolute Gasteiger partial charge is 0.318 e. The third-order valence-corrected chi connectivity index (χ3v) is 4.88. The molecular formula is C19H18N3O4+. The lowest BCUT2D eigenvalue weighted by Crippen LogP contribution is -2.39. The first kappa shape index (κ1) is 16.3. The number of nitrogens with one attached hydrogen (secondary N) is 1. The van der Waals surface area contributed by atoms with E-state index in [1.807, 2.05) is 6.07 Å². The summed E-state index contributed by atoms with van der Waals surface area (Å²) >= 11 is 0. The molecule has 0 aromatic heterocycles. The van der Waals surface area contributed by atoms with Crippen molar-refractivity contribution in [2.24, 2.45) is 5.92 Å². The highest BCUT2D eigenvalue weighted by molar-refractivity contribution is 6.21. The van der Waals surface area contributed by atoms with Crippen LogP contribution in [0.1, 0.15) is 26.3 Å². The number of rotatable bonds is 4. The van der Waals surface area contributed by atoms with E-state index in [0.29, 0.717) is 34.8 Å². The summed E-state index contributed by atoms with van der Waals surface area (Å²) in [6, 6.07) is 12.2. The number of anilines is 1. The molecule has 0 spiro atoms. The summed E-state index contributed by atoms with van der Waals surface area (Å²) < 4.78 is 0. The highest BCUT2D eigenvalue weighted by Gasteiger charge is 2.37. The molecule has 4 rings (SSSR count). The number of hydrogen-bond acceptors (Lipinski definition) is 5. The van der Waals surface area contributed by atoms with Crippen LogP contribution in [0.15, 0.2) is 42.5 Å². The van der Waals surface area contributed by atoms with Gasteiger partial charge in [-0.05, 0) is 36.1 Å². The van der Waals surface area contributed by atoms with Gasteiger partial charge in [-0.15, -0.1) is 0 Å². The van der Waals surface area contributed by atoms with Gasteiger partial charge in [0.1, 0.15) is 0 Å². The van der Waals surface area contributed by atoms with Crippen molar-refractivity contribution in [1.82, 2.24) is 4.90 Å². The molecule has 1 atom stereocenters. The molecule has 2 heterocycles. The second-order valence-corrected chi connectivity index (χ2v) is 6.50. The highest BCUT2D eigenvalue weighted by Crippen LogP contribution is 2.30. The van der Waals surface area contributed by atoms with Crippen molar-refractivity contribution in [2.75, 3.05) is 25.5 Å². The lowest BCUT2D eigenvalue weighted by atomic mass is 9.93. The first-order chi connectivity index (χ1) is 12.6. The van der Waals surface area contributed by atoms with E-state index in [9.17, 15) is 14.5 Å². The summed E-state index contributed by atoms with van der Waals surface area (Å²) in [6.45, 7) is 0.988. The van der Waals surface area contributed by atoms with Crippen molar-refractivity contribution in [3.8, 4) is 0 Å². The topological polar surface area (TPSA) is 78.7 Å². The average Bonchev–Trinajstić information content (AvgIpc) is 2.92. The molecule has 2 amide bonds. The molecule has 0 fully saturated rings. The number of carbonyl (C=O) groups is 2. The predicted molar refractivity (Wildman–Crippen MR) is 94.2 cm³/mol. The summed E-state index contributed by atoms with van der Waals surface area (Å²) in [5.41, 5.74) is 3.28. The Morgan fingerprint density at radius 2 is 1.85 bits per heavy atom. The SMILES string of the molecule is CO[N+](=O)c1ccc2c(c1)NCC(CN1C(=O)c3ccccc3C1=O)C2. The molecule has 2 aliphatic heterocycles. The van der Waals surface area contributed by atoms with Crippen molar-refractivity contribution >= 4 is 23.2 Å². The highest BCUT2D eigenvalue weighted by atomic mass is 16.8. The fourth-order valence-electron chi connectivity index (χ4n) is 3.56. The summed E-state index contributed by atoms with van der Waals surface area (Å²) in [7, 11) is 1.32. The molecule has 0 saturated heterocycles. The molecule has 0 aliphatic carbocycles. The third kappa shape index (κ3) is 2.61. The van der Waals surface area contributed by atoms with E-state index in [1.54, 1.807) is 36.4 Å². The van der Waals surface area contributed by atoms with Gasteiger partial charge in [-0.2, -0.15) is 0 Å². The van der Waals surface area contributed by atoms with Gasteiger partial charge in [-0.3, -0.25) is 14.5 Å². The Hall–Kier alpha value is -3.22. The minimum absolute atomic E-state index is 0.112. The van der Waals surface area contributed by atoms with E-state index in [4.69, 9.17) is 0 Å². The van der Waals surface area contributed by atoms with Gasteiger partial charge in [-0.25, -0.2) is 4.84 Å². The van der Waals surface area contributed by atoms with E-state index < -0.39 is 0 Å². The van der Waals surface area contributed by atoms with Crippen LogP contribution in [0.25, 0.3) is 0 Å². The molecule has 2 aliphatic rings. The van der Waals surface area contributed by atoms with Crippen LogP contribution in [-0.2, 0) is 11.3 Å². The van der Waals surface area contributed by atoms with E-state index in [2.05, 4.69) is 10.2 Å². The van der Waals surface area contributed by atoms with Gasteiger partial charge < -0.3 is 5.32 Å². The lowest BCUT2D eigenvalue weighted by molar-refractivity contribution is -0.736. The molecule has 0 saturated carbocycles. The zero-order valence-corrected chi connectivity index (χ0v) is 14.3. The van der Waals surface area contributed by atoms with Crippen LogP contribution in [0.5, 0.6) is 0 Å². The van der Waals surface area contributed by atoms with Crippen LogP contribution in [0.2, 0.25) is 0 Å². The molecule has 7 nitrogen and oxygen atoms in total. The summed E-state index contributed by atoms with van der Waals surface area (Å²) in [5.74, 6) is -0.344. The van der Waals surface area contributed by atoms with Crippen LogP contribution < -0.4 is 5.32 Å². The Bertz CT molecular complexity index is 890. The van der Waals surface area contributed by atoms with Crippen molar-refractivity contribution in [3.05, 3.63) is 64.1 Å². The number of hydrogen-bond donors (Lipinski definition) is 1. The van der Waals surface area contributed by atoms with E-state index in [-0.39, 0.29) is 17.7 Å². The minimum Gasteiger partial charge on any atom is -0.384 e. The van der Waals surface area contributed by atoms with Crippen LogP contribution in [0.4, 0.5) is 11.4 Å². The zero-order valence-electron chi connectivity index (χ0n) is 14.3. The number of amides is 2. The van der Waals surface area contributed by atoms with Crippen LogP contribution in [0, 0.1) is 10.8 Å². The Labute approximate surface area is 150 Å². The van der Waals surface area contributed by atoms with Gasteiger partial charge in [0, 0.05) is 30.9 Å². The molecule has 1 N–H and O–H groups in total. The molecule has 132 valence electrons. The maximum Gasteiger partial charge on any atom is 0.318 e. The van der Waals surface area contributed by atoms with Gasteiger partial charge >= 0.3 is 5.69 Å². The van der Waals surface area contributed by atoms with Crippen molar-refractivity contribution in [2.45, 2.75) is 6.42 Å². The Kier molecular flexibility index (Phi) is 3.91. The maximum absolute atomic E-state index is 12.5. The summed E-state index contributed by atoms with van der Waals surface area (Å²) in [4.78, 5) is 43.0. The Morgan fingerprint density at radius 3 is 2.50 bits per heavy atom. The fourth-order valence-corrected chi connectivity index (χ4v) is 3.56. The number of carbonyl (C=O) groups excluding carboxylic acids is 2. The summed E-state index contributed by atoms with van der Waals surface area (Å²) in [6.07, 6.45) is 0.724. The molecule has 1 unspecified atom stereocenters. The number of nitrogens with zero attached hydrogens (tertiary/aromatic N) is 2. The van der Waals surface area contributed by atoms with Gasteiger partial charge in [-0.1, -0.05) is 12.1 Å². The van der Waals surface area contributed by atoms with Crippen LogP contribution in [-0.4, -0.2) is 41.8 Å². The fraction of sp³-hybridized carbons (Fsp3) is 0.263. The number of benzene rings is 2.